The molecule has 0 spiro atoms. The average molecular weight is 399 g/mol. The number of nitrogens with zero attached hydrogens (tertiary/aromatic N) is 3. The Kier molecular flexibility index (Phi) is 4.97. The summed E-state index contributed by atoms with van der Waals surface area (Å²) in [6.07, 6.45) is 2.34. The van der Waals surface area contributed by atoms with E-state index in [1.165, 1.54) is 17.5 Å². The zero-order valence-corrected chi connectivity index (χ0v) is 15.8. The molecule has 136 valence electrons. The van der Waals surface area contributed by atoms with E-state index in [0.29, 0.717) is 15.7 Å². The van der Waals surface area contributed by atoms with Crippen molar-refractivity contribution in [2.45, 2.75) is 13.0 Å². The highest BCUT2D eigenvalue weighted by atomic mass is 35.5. The molecule has 3 aromatic rings. The minimum atomic E-state index is -0.383. The monoisotopic (exact) mass is 398 g/mol. The van der Waals surface area contributed by atoms with Crippen molar-refractivity contribution in [3.05, 3.63) is 81.7 Å². The maximum absolute atomic E-state index is 12.6. The van der Waals surface area contributed by atoms with Gasteiger partial charge in [0.2, 0.25) is 0 Å². The lowest BCUT2D eigenvalue weighted by Gasteiger charge is -2.29. The first kappa shape index (κ1) is 17.8. The van der Waals surface area contributed by atoms with Gasteiger partial charge in [0.1, 0.15) is 17.8 Å². The fourth-order valence-corrected chi connectivity index (χ4v) is 3.62. The number of halogens is 2. The van der Waals surface area contributed by atoms with E-state index in [2.05, 4.69) is 38.4 Å². The minimum Gasteiger partial charge on any atom is -0.352 e. The summed E-state index contributed by atoms with van der Waals surface area (Å²) < 4.78 is 0. The van der Waals surface area contributed by atoms with Gasteiger partial charge < -0.3 is 10.2 Å². The summed E-state index contributed by atoms with van der Waals surface area (Å²) in [6, 6.07) is 15.1. The number of carbonyl (C=O) groups is 1. The summed E-state index contributed by atoms with van der Waals surface area (Å²) >= 11 is 12.2. The molecule has 1 aliphatic heterocycles. The Morgan fingerprint density at radius 2 is 1.74 bits per heavy atom. The molecule has 2 heterocycles. The Balaban J connectivity index is 1.55. The number of aromatic nitrogens is 2. The van der Waals surface area contributed by atoms with E-state index in [1.54, 1.807) is 24.3 Å². The quantitative estimate of drug-likeness (QED) is 0.700. The van der Waals surface area contributed by atoms with Gasteiger partial charge in [-0.2, -0.15) is 0 Å². The van der Waals surface area contributed by atoms with Crippen molar-refractivity contribution in [2.75, 3.05) is 16.8 Å². The second kappa shape index (κ2) is 7.55. The maximum atomic E-state index is 12.6. The van der Waals surface area contributed by atoms with Crippen LogP contribution in [-0.2, 0) is 13.0 Å². The number of carbonyl (C=O) groups excluding carboxylic acids is 1. The highest BCUT2D eigenvalue weighted by Crippen LogP contribution is 2.30. The van der Waals surface area contributed by atoms with Crippen LogP contribution in [0.2, 0.25) is 10.0 Å². The van der Waals surface area contributed by atoms with Crippen molar-refractivity contribution in [1.29, 1.82) is 0 Å². The second-order valence-electron chi connectivity index (χ2n) is 6.25. The van der Waals surface area contributed by atoms with Gasteiger partial charge in [-0.05, 0) is 29.7 Å². The summed E-state index contributed by atoms with van der Waals surface area (Å²) in [6.45, 7) is 1.59. The first-order valence-corrected chi connectivity index (χ1v) is 9.26. The minimum absolute atomic E-state index is 0.259. The molecule has 0 bridgehead atoms. The zero-order chi connectivity index (χ0) is 18.8. The summed E-state index contributed by atoms with van der Waals surface area (Å²) in [7, 11) is 0. The number of hydrogen-bond acceptors (Lipinski definition) is 4. The van der Waals surface area contributed by atoms with Crippen LogP contribution >= 0.6 is 23.2 Å². The topological polar surface area (TPSA) is 58.1 Å². The molecule has 0 aliphatic carbocycles. The summed E-state index contributed by atoms with van der Waals surface area (Å²) in [5, 5.41) is 3.47. The predicted molar refractivity (Wildman–Crippen MR) is 108 cm³/mol. The number of para-hydroxylation sites is 1. The lowest BCUT2D eigenvalue weighted by atomic mass is 10.00. The van der Waals surface area contributed by atoms with E-state index in [0.717, 1.165) is 25.3 Å². The van der Waals surface area contributed by atoms with Crippen LogP contribution < -0.4 is 10.2 Å². The molecule has 1 amide bonds. The van der Waals surface area contributed by atoms with Crippen LogP contribution in [0.4, 0.5) is 11.5 Å². The van der Waals surface area contributed by atoms with E-state index >= 15 is 0 Å². The summed E-state index contributed by atoms with van der Waals surface area (Å²) in [4.78, 5) is 23.2. The number of rotatable bonds is 3. The van der Waals surface area contributed by atoms with E-state index < -0.39 is 0 Å². The van der Waals surface area contributed by atoms with Crippen molar-refractivity contribution >= 4 is 40.6 Å². The molecule has 1 N–H and O–H groups in total. The van der Waals surface area contributed by atoms with E-state index in [1.807, 2.05) is 6.07 Å². The van der Waals surface area contributed by atoms with E-state index in [-0.39, 0.29) is 11.6 Å². The molecule has 0 fully saturated rings. The number of anilines is 2. The first-order chi connectivity index (χ1) is 13.1. The molecule has 5 nitrogen and oxygen atoms in total. The molecule has 1 aliphatic rings. The van der Waals surface area contributed by atoms with Crippen LogP contribution in [-0.4, -0.2) is 22.4 Å². The van der Waals surface area contributed by atoms with Gasteiger partial charge in [0.25, 0.3) is 5.91 Å². The Bertz CT molecular complexity index is 989. The van der Waals surface area contributed by atoms with Crippen LogP contribution in [0.15, 0.2) is 54.9 Å². The number of hydrogen-bond donors (Lipinski definition) is 1. The van der Waals surface area contributed by atoms with Gasteiger partial charge in [-0.15, -0.1) is 0 Å². The van der Waals surface area contributed by atoms with Crippen LogP contribution in [0.5, 0.6) is 0 Å². The summed E-state index contributed by atoms with van der Waals surface area (Å²) in [5.41, 5.74) is 3.26. The normalized spacial score (nSPS) is 13.2. The largest absolute Gasteiger partial charge is 0.352 e. The average Bonchev–Trinajstić information content (AvgIpc) is 2.70. The number of benzene rings is 2. The van der Waals surface area contributed by atoms with Gasteiger partial charge in [0.05, 0.1) is 15.7 Å². The maximum Gasteiger partial charge on any atom is 0.274 e. The fraction of sp³-hybridized carbons (Fsp3) is 0.150. The van der Waals surface area contributed by atoms with Crippen molar-refractivity contribution < 1.29 is 4.79 Å². The Morgan fingerprint density at radius 3 is 2.52 bits per heavy atom. The third-order valence-corrected chi connectivity index (χ3v) is 5.17. The Hall–Kier alpha value is -2.63. The van der Waals surface area contributed by atoms with Crippen LogP contribution in [0.3, 0.4) is 0 Å². The Morgan fingerprint density at radius 1 is 1.00 bits per heavy atom. The van der Waals surface area contributed by atoms with Gasteiger partial charge in [0, 0.05) is 19.2 Å². The Labute approximate surface area is 167 Å². The first-order valence-electron chi connectivity index (χ1n) is 8.51. The third-order valence-electron chi connectivity index (χ3n) is 4.54. The van der Waals surface area contributed by atoms with Crippen LogP contribution in [0.1, 0.15) is 21.6 Å². The smallest absolute Gasteiger partial charge is 0.274 e. The third kappa shape index (κ3) is 3.75. The molecule has 0 radical (unpaired) electrons. The summed E-state index contributed by atoms with van der Waals surface area (Å²) in [5.74, 6) is 0.334. The number of fused-ring (bicyclic) bond motifs is 1. The van der Waals surface area contributed by atoms with Gasteiger partial charge in [-0.1, -0.05) is 53.5 Å². The van der Waals surface area contributed by atoms with Gasteiger partial charge in [-0.25, -0.2) is 9.97 Å². The van der Waals surface area contributed by atoms with Gasteiger partial charge >= 0.3 is 0 Å². The SMILES string of the molecule is O=C(Nc1c(Cl)cccc1Cl)c1cc(N2CCc3ccccc3C2)ncn1. The van der Waals surface area contributed by atoms with Crippen LogP contribution in [0, 0.1) is 0 Å². The molecule has 0 atom stereocenters. The molecule has 1 aromatic heterocycles. The molecular weight excluding hydrogens is 383 g/mol. The lowest BCUT2D eigenvalue weighted by molar-refractivity contribution is 0.102. The lowest BCUT2D eigenvalue weighted by Crippen LogP contribution is -2.31. The molecule has 7 heteroatoms. The van der Waals surface area contributed by atoms with E-state index in [4.69, 9.17) is 23.2 Å². The van der Waals surface area contributed by atoms with Crippen molar-refractivity contribution in [3.63, 3.8) is 0 Å². The molecule has 0 unspecified atom stereocenters. The molecule has 4 rings (SSSR count). The number of nitrogens with one attached hydrogen (secondary N) is 1. The van der Waals surface area contributed by atoms with Crippen molar-refractivity contribution in [3.8, 4) is 0 Å². The molecule has 0 saturated carbocycles. The van der Waals surface area contributed by atoms with Crippen molar-refractivity contribution in [2.24, 2.45) is 0 Å². The van der Waals surface area contributed by atoms with Gasteiger partial charge in [-0.3, -0.25) is 4.79 Å². The number of amides is 1. The molecule has 2 aromatic carbocycles. The van der Waals surface area contributed by atoms with Gasteiger partial charge in [0.15, 0.2) is 0 Å². The zero-order valence-electron chi connectivity index (χ0n) is 14.3. The molecule has 0 saturated heterocycles. The standard InChI is InChI=1S/C20H16Cl2N4O/c21-15-6-3-7-16(22)19(15)25-20(27)17-10-18(24-12-23-17)26-9-8-13-4-1-2-5-14(13)11-26/h1-7,10,12H,8-9,11H2,(H,25,27). The molecule has 27 heavy (non-hydrogen) atoms. The highest BCUT2D eigenvalue weighted by Gasteiger charge is 2.19. The van der Waals surface area contributed by atoms with Crippen molar-refractivity contribution in [1.82, 2.24) is 9.97 Å². The fourth-order valence-electron chi connectivity index (χ4n) is 3.13. The molecular formula is C20H16Cl2N4O. The highest BCUT2D eigenvalue weighted by molar-refractivity contribution is 6.40. The second-order valence-corrected chi connectivity index (χ2v) is 7.07. The van der Waals surface area contributed by atoms with Crippen LogP contribution in [0.25, 0.3) is 0 Å². The predicted octanol–water partition coefficient (Wildman–Crippen LogP) is 4.60. The van der Waals surface area contributed by atoms with E-state index in [9.17, 15) is 4.79 Å².